The van der Waals surface area contributed by atoms with Crippen LogP contribution in [0.25, 0.3) is 0 Å². The Labute approximate surface area is 101 Å². The second-order valence-electron chi connectivity index (χ2n) is 3.20. The molecule has 0 fully saturated rings. The minimum Gasteiger partial charge on any atom is -0.367 e. The lowest BCUT2D eigenvalue weighted by atomic mass is 10.3. The molecule has 0 atom stereocenters. The zero-order valence-corrected chi connectivity index (χ0v) is 10.5. The van der Waals surface area contributed by atoms with E-state index in [4.69, 9.17) is 12.2 Å². The highest BCUT2D eigenvalue weighted by Crippen LogP contribution is 2.06. The minimum absolute atomic E-state index is 0.792. The van der Waals surface area contributed by atoms with Gasteiger partial charge in [-0.2, -0.15) is 0 Å². The van der Waals surface area contributed by atoms with Crippen LogP contribution in [-0.4, -0.2) is 15.1 Å². The molecule has 0 aliphatic heterocycles. The molecule has 0 saturated carbocycles. The van der Waals surface area contributed by atoms with Crippen molar-refractivity contribution in [3.8, 4) is 0 Å². The van der Waals surface area contributed by atoms with E-state index in [1.165, 1.54) is 18.4 Å². The maximum atomic E-state index is 5.20. The number of thiocarbonyl (C=S) groups is 1. The standard InChI is InChI=1S/C11H16N2S2/c1-2-3-8-15-11(14)13-9-10-4-6-12-7-5-10/h4-7H,2-3,8-9H2,1H3,(H,13,14). The molecule has 0 aliphatic rings. The first-order valence-electron chi connectivity index (χ1n) is 5.12. The Morgan fingerprint density at radius 3 is 2.87 bits per heavy atom. The number of hydrogen-bond donors (Lipinski definition) is 1. The van der Waals surface area contributed by atoms with Crippen molar-refractivity contribution in [2.75, 3.05) is 5.75 Å². The van der Waals surface area contributed by atoms with Crippen LogP contribution in [0.3, 0.4) is 0 Å². The lowest BCUT2D eigenvalue weighted by Gasteiger charge is -2.06. The summed E-state index contributed by atoms with van der Waals surface area (Å²) < 4.78 is 0.889. The van der Waals surface area contributed by atoms with Crippen molar-refractivity contribution in [1.29, 1.82) is 0 Å². The van der Waals surface area contributed by atoms with E-state index in [-0.39, 0.29) is 0 Å². The summed E-state index contributed by atoms with van der Waals surface area (Å²) >= 11 is 6.93. The number of rotatable bonds is 5. The number of hydrogen-bond acceptors (Lipinski definition) is 3. The maximum Gasteiger partial charge on any atom is 0.134 e. The number of thioether (sulfide) groups is 1. The SMILES string of the molecule is CCCCSC(=S)NCc1ccncc1. The molecule has 15 heavy (non-hydrogen) atoms. The molecule has 1 aromatic rings. The Morgan fingerprint density at radius 2 is 2.20 bits per heavy atom. The van der Waals surface area contributed by atoms with Gasteiger partial charge >= 0.3 is 0 Å². The van der Waals surface area contributed by atoms with Crippen LogP contribution in [0.4, 0.5) is 0 Å². The first-order valence-corrected chi connectivity index (χ1v) is 6.52. The molecule has 0 radical (unpaired) electrons. The fourth-order valence-corrected chi connectivity index (χ4v) is 2.15. The molecule has 1 rings (SSSR count). The van der Waals surface area contributed by atoms with E-state index in [0.29, 0.717) is 0 Å². The summed E-state index contributed by atoms with van der Waals surface area (Å²) in [4.78, 5) is 3.97. The third-order valence-electron chi connectivity index (χ3n) is 1.92. The van der Waals surface area contributed by atoms with Crippen LogP contribution in [-0.2, 0) is 6.54 Å². The van der Waals surface area contributed by atoms with Crippen molar-refractivity contribution in [3.63, 3.8) is 0 Å². The maximum absolute atomic E-state index is 5.20. The van der Waals surface area contributed by atoms with Gasteiger partial charge in [0.15, 0.2) is 0 Å². The van der Waals surface area contributed by atoms with Gasteiger partial charge in [0.2, 0.25) is 0 Å². The molecule has 82 valence electrons. The summed E-state index contributed by atoms with van der Waals surface area (Å²) in [5.74, 6) is 1.11. The lowest BCUT2D eigenvalue weighted by Crippen LogP contribution is -2.17. The first kappa shape index (κ1) is 12.5. The quantitative estimate of drug-likeness (QED) is 0.632. The van der Waals surface area contributed by atoms with E-state index >= 15 is 0 Å². The van der Waals surface area contributed by atoms with Crippen LogP contribution in [0.1, 0.15) is 25.3 Å². The van der Waals surface area contributed by atoms with Gasteiger partial charge in [0.05, 0.1) is 0 Å². The van der Waals surface area contributed by atoms with Gasteiger partial charge in [0.25, 0.3) is 0 Å². The van der Waals surface area contributed by atoms with Crippen molar-refractivity contribution in [3.05, 3.63) is 30.1 Å². The summed E-state index contributed by atoms with van der Waals surface area (Å²) in [7, 11) is 0. The van der Waals surface area contributed by atoms with E-state index in [1.807, 2.05) is 12.1 Å². The van der Waals surface area contributed by atoms with Gasteiger partial charge in [0, 0.05) is 24.7 Å². The molecule has 0 aliphatic carbocycles. The van der Waals surface area contributed by atoms with E-state index in [0.717, 1.165) is 16.6 Å². The molecular weight excluding hydrogens is 224 g/mol. The molecule has 1 aromatic heterocycles. The van der Waals surface area contributed by atoms with Crippen LogP contribution < -0.4 is 5.32 Å². The minimum atomic E-state index is 0.792. The summed E-state index contributed by atoms with van der Waals surface area (Å²) in [6.07, 6.45) is 6.04. The Hall–Kier alpha value is -0.610. The number of nitrogens with zero attached hydrogens (tertiary/aromatic N) is 1. The highest BCUT2D eigenvalue weighted by atomic mass is 32.2. The number of nitrogens with one attached hydrogen (secondary N) is 1. The Balaban J connectivity index is 2.17. The molecule has 1 heterocycles. The molecule has 2 nitrogen and oxygen atoms in total. The summed E-state index contributed by atoms with van der Waals surface area (Å²) in [5.41, 5.74) is 1.21. The van der Waals surface area contributed by atoms with E-state index < -0.39 is 0 Å². The van der Waals surface area contributed by atoms with Crippen molar-refractivity contribution in [2.45, 2.75) is 26.3 Å². The van der Waals surface area contributed by atoms with Crippen LogP contribution in [0.15, 0.2) is 24.5 Å². The molecule has 4 heteroatoms. The molecule has 0 spiro atoms. The van der Waals surface area contributed by atoms with E-state index in [9.17, 15) is 0 Å². The molecule has 0 aromatic carbocycles. The topological polar surface area (TPSA) is 24.9 Å². The first-order chi connectivity index (χ1) is 7.33. The van der Waals surface area contributed by atoms with E-state index in [1.54, 1.807) is 24.2 Å². The van der Waals surface area contributed by atoms with Crippen LogP contribution in [0.5, 0.6) is 0 Å². The summed E-state index contributed by atoms with van der Waals surface area (Å²) in [5, 5.41) is 3.22. The van der Waals surface area contributed by atoms with Gasteiger partial charge in [0.1, 0.15) is 4.32 Å². The van der Waals surface area contributed by atoms with E-state index in [2.05, 4.69) is 17.2 Å². The van der Waals surface area contributed by atoms with Crippen LogP contribution in [0, 0.1) is 0 Å². The lowest BCUT2D eigenvalue weighted by molar-refractivity contribution is 0.896. The van der Waals surface area contributed by atoms with Gasteiger partial charge in [-0.1, -0.05) is 37.3 Å². The van der Waals surface area contributed by atoms with Gasteiger partial charge in [-0.25, -0.2) is 0 Å². The van der Waals surface area contributed by atoms with Gasteiger partial charge in [-0.05, 0) is 24.1 Å². The number of aromatic nitrogens is 1. The zero-order valence-electron chi connectivity index (χ0n) is 8.90. The van der Waals surface area contributed by atoms with Crippen LogP contribution >= 0.6 is 24.0 Å². The van der Waals surface area contributed by atoms with Gasteiger partial charge < -0.3 is 5.32 Å². The average Bonchev–Trinajstić information content (AvgIpc) is 2.28. The monoisotopic (exact) mass is 240 g/mol. The average molecular weight is 240 g/mol. The zero-order chi connectivity index (χ0) is 10.9. The Bertz CT molecular complexity index is 288. The van der Waals surface area contributed by atoms with Crippen molar-refractivity contribution < 1.29 is 0 Å². The molecule has 0 unspecified atom stereocenters. The third-order valence-corrected chi connectivity index (χ3v) is 3.31. The molecule has 0 saturated heterocycles. The second kappa shape index (κ2) is 7.65. The molecular formula is C11H16N2S2. The predicted octanol–water partition coefficient (Wildman–Crippen LogP) is 2.99. The normalized spacial score (nSPS) is 9.93. The predicted molar refractivity (Wildman–Crippen MR) is 71.0 cm³/mol. The Morgan fingerprint density at radius 1 is 1.47 bits per heavy atom. The third kappa shape index (κ3) is 5.74. The van der Waals surface area contributed by atoms with Gasteiger partial charge in [-0.3, -0.25) is 4.98 Å². The Kier molecular flexibility index (Phi) is 6.36. The fraction of sp³-hybridized carbons (Fsp3) is 0.455. The van der Waals surface area contributed by atoms with Crippen molar-refractivity contribution in [1.82, 2.24) is 10.3 Å². The largest absolute Gasteiger partial charge is 0.367 e. The number of pyridine rings is 1. The molecule has 0 bridgehead atoms. The highest BCUT2D eigenvalue weighted by molar-refractivity contribution is 8.22. The summed E-state index contributed by atoms with van der Waals surface area (Å²) in [6, 6.07) is 3.98. The van der Waals surface area contributed by atoms with Crippen molar-refractivity contribution >= 4 is 28.3 Å². The highest BCUT2D eigenvalue weighted by Gasteiger charge is 1.96. The smallest absolute Gasteiger partial charge is 0.134 e. The van der Waals surface area contributed by atoms with Crippen molar-refractivity contribution in [2.24, 2.45) is 0 Å². The second-order valence-corrected chi connectivity index (χ2v) is 4.97. The molecule has 0 amide bonds. The summed E-state index contributed by atoms with van der Waals surface area (Å²) in [6.45, 7) is 2.98. The van der Waals surface area contributed by atoms with Crippen LogP contribution in [0.2, 0.25) is 0 Å². The molecule has 1 N–H and O–H groups in total. The van der Waals surface area contributed by atoms with Gasteiger partial charge in [-0.15, -0.1) is 0 Å². The number of unbranched alkanes of at least 4 members (excludes halogenated alkanes) is 1. The fourth-order valence-electron chi connectivity index (χ4n) is 1.04.